The molecule has 0 unspecified atom stereocenters. The lowest BCUT2D eigenvalue weighted by molar-refractivity contribution is -0.182. The predicted octanol–water partition coefficient (Wildman–Crippen LogP) is 1.74. The van der Waals surface area contributed by atoms with Crippen LogP contribution in [-0.4, -0.2) is 47.9 Å². The summed E-state index contributed by atoms with van der Waals surface area (Å²) in [6, 6.07) is 0.199. The van der Waals surface area contributed by atoms with E-state index in [0.29, 0.717) is 24.7 Å². The van der Waals surface area contributed by atoms with Crippen LogP contribution in [0.5, 0.6) is 0 Å². The Bertz CT molecular complexity index is 483. The first-order valence-corrected chi connectivity index (χ1v) is 7.06. The van der Waals surface area contributed by atoms with Gasteiger partial charge in [0.1, 0.15) is 0 Å². The van der Waals surface area contributed by atoms with E-state index < -0.39 is 0 Å². The molecule has 0 bridgehead atoms. The summed E-state index contributed by atoms with van der Waals surface area (Å²) in [4.78, 5) is 18.1. The molecule has 6 nitrogen and oxygen atoms in total. The summed E-state index contributed by atoms with van der Waals surface area (Å²) in [6.45, 7) is 3.13. The van der Waals surface area contributed by atoms with Crippen LogP contribution >= 0.6 is 0 Å². The molecule has 0 aromatic carbocycles. The molecule has 3 rings (SSSR count). The van der Waals surface area contributed by atoms with Crippen molar-refractivity contribution in [2.24, 2.45) is 0 Å². The molecular weight excluding hydrogens is 260 g/mol. The second kappa shape index (κ2) is 5.18. The zero-order valence-corrected chi connectivity index (χ0v) is 11.9. The third kappa shape index (κ3) is 2.33. The maximum absolute atomic E-state index is 12.4. The Morgan fingerprint density at radius 2 is 2.00 bits per heavy atom. The fourth-order valence-electron chi connectivity index (χ4n) is 3.05. The molecule has 0 N–H and O–H groups in total. The van der Waals surface area contributed by atoms with E-state index in [2.05, 4.69) is 4.98 Å². The van der Waals surface area contributed by atoms with Gasteiger partial charge in [0.05, 0.1) is 18.9 Å². The molecule has 20 heavy (non-hydrogen) atoms. The quantitative estimate of drug-likeness (QED) is 0.825. The number of aryl methyl sites for hydroxylation is 1. The highest BCUT2D eigenvalue weighted by molar-refractivity contribution is 5.92. The van der Waals surface area contributed by atoms with Gasteiger partial charge in [-0.1, -0.05) is 0 Å². The lowest BCUT2D eigenvalue weighted by atomic mass is 9.89. The fourth-order valence-corrected chi connectivity index (χ4v) is 3.05. The molecule has 0 radical (unpaired) electrons. The van der Waals surface area contributed by atoms with E-state index >= 15 is 0 Å². The Morgan fingerprint density at radius 3 is 2.55 bits per heavy atom. The van der Waals surface area contributed by atoms with Gasteiger partial charge in [0.15, 0.2) is 12.2 Å². The first-order valence-electron chi connectivity index (χ1n) is 7.06. The summed E-state index contributed by atoms with van der Waals surface area (Å²) >= 11 is 0. The van der Waals surface area contributed by atoms with E-state index in [9.17, 15) is 4.79 Å². The van der Waals surface area contributed by atoms with E-state index in [1.807, 2.05) is 7.05 Å². The lowest BCUT2D eigenvalue weighted by Gasteiger charge is -2.38. The number of oxazole rings is 1. The number of carbonyl (C=O) groups excluding carboxylic acids is 1. The molecular formula is C14H20N2O4. The van der Waals surface area contributed by atoms with Gasteiger partial charge in [-0.15, -0.1) is 0 Å². The third-order valence-corrected chi connectivity index (χ3v) is 4.34. The van der Waals surface area contributed by atoms with Gasteiger partial charge in [0.2, 0.25) is 5.76 Å². The summed E-state index contributed by atoms with van der Waals surface area (Å²) in [5, 5.41) is 0. The SMILES string of the molecule is Cc1ncoc1C(=O)N(C)C1CCC2(CC1)OCCO2. The summed E-state index contributed by atoms with van der Waals surface area (Å²) < 4.78 is 16.6. The number of ether oxygens (including phenoxy) is 2. The Morgan fingerprint density at radius 1 is 1.35 bits per heavy atom. The van der Waals surface area contributed by atoms with Gasteiger partial charge in [-0.25, -0.2) is 4.98 Å². The maximum Gasteiger partial charge on any atom is 0.291 e. The minimum absolute atomic E-state index is 0.103. The van der Waals surface area contributed by atoms with Crippen LogP contribution in [0.15, 0.2) is 10.8 Å². The number of carbonyl (C=O) groups is 1. The highest BCUT2D eigenvalue weighted by Crippen LogP contribution is 2.37. The number of rotatable bonds is 2. The minimum Gasteiger partial charge on any atom is -0.438 e. The average Bonchev–Trinajstić information content (AvgIpc) is 3.08. The van der Waals surface area contributed by atoms with Crippen molar-refractivity contribution in [2.75, 3.05) is 20.3 Å². The molecule has 2 fully saturated rings. The molecule has 110 valence electrons. The molecule has 1 amide bonds. The second-order valence-electron chi connectivity index (χ2n) is 5.52. The van der Waals surface area contributed by atoms with E-state index in [4.69, 9.17) is 13.9 Å². The first kappa shape index (κ1) is 13.6. The molecule has 1 aromatic rings. The topological polar surface area (TPSA) is 64.8 Å². The fraction of sp³-hybridized carbons (Fsp3) is 0.714. The van der Waals surface area contributed by atoms with Crippen LogP contribution in [0.1, 0.15) is 41.9 Å². The van der Waals surface area contributed by atoms with Crippen molar-refractivity contribution in [3.05, 3.63) is 17.8 Å². The van der Waals surface area contributed by atoms with Crippen molar-refractivity contribution in [1.82, 2.24) is 9.88 Å². The Hall–Kier alpha value is -1.40. The molecule has 1 aromatic heterocycles. The smallest absolute Gasteiger partial charge is 0.291 e. The third-order valence-electron chi connectivity index (χ3n) is 4.34. The highest BCUT2D eigenvalue weighted by atomic mass is 16.7. The van der Waals surface area contributed by atoms with Gasteiger partial charge < -0.3 is 18.8 Å². The van der Waals surface area contributed by atoms with Crippen LogP contribution in [0.4, 0.5) is 0 Å². The Labute approximate surface area is 118 Å². The van der Waals surface area contributed by atoms with E-state index in [0.717, 1.165) is 25.7 Å². The van der Waals surface area contributed by atoms with Crippen molar-refractivity contribution in [2.45, 2.75) is 44.4 Å². The van der Waals surface area contributed by atoms with Gasteiger partial charge >= 0.3 is 0 Å². The van der Waals surface area contributed by atoms with Gasteiger partial charge in [-0.2, -0.15) is 0 Å². The van der Waals surface area contributed by atoms with Crippen LogP contribution in [0.25, 0.3) is 0 Å². The second-order valence-corrected chi connectivity index (χ2v) is 5.52. The molecule has 2 heterocycles. The van der Waals surface area contributed by atoms with Crippen molar-refractivity contribution < 1.29 is 18.7 Å². The summed E-state index contributed by atoms with van der Waals surface area (Å²) in [5.41, 5.74) is 0.636. The molecule has 6 heteroatoms. The number of aromatic nitrogens is 1. The van der Waals surface area contributed by atoms with Crippen LogP contribution in [0.2, 0.25) is 0 Å². The number of nitrogens with zero attached hydrogens (tertiary/aromatic N) is 2. The monoisotopic (exact) mass is 280 g/mol. The minimum atomic E-state index is -0.386. The van der Waals surface area contributed by atoms with E-state index in [1.165, 1.54) is 6.39 Å². The zero-order chi connectivity index (χ0) is 14.2. The highest BCUT2D eigenvalue weighted by Gasteiger charge is 2.42. The van der Waals surface area contributed by atoms with Crippen LogP contribution < -0.4 is 0 Å². The largest absolute Gasteiger partial charge is 0.438 e. The van der Waals surface area contributed by atoms with Crippen molar-refractivity contribution in [3.8, 4) is 0 Å². The average molecular weight is 280 g/mol. The van der Waals surface area contributed by atoms with Crippen LogP contribution in [0, 0.1) is 6.92 Å². The lowest BCUT2D eigenvalue weighted by Crippen LogP contribution is -2.45. The summed E-state index contributed by atoms with van der Waals surface area (Å²) in [6.07, 6.45) is 4.76. The van der Waals surface area contributed by atoms with Crippen molar-refractivity contribution >= 4 is 5.91 Å². The first-order chi connectivity index (χ1) is 9.61. The molecule has 1 spiro atoms. The normalized spacial score (nSPS) is 22.3. The Kier molecular flexibility index (Phi) is 3.52. The van der Waals surface area contributed by atoms with Crippen LogP contribution in [-0.2, 0) is 9.47 Å². The van der Waals surface area contributed by atoms with Gasteiger partial charge in [0, 0.05) is 25.9 Å². The van der Waals surface area contributed by atoms with E-state index in [-0.39, 0.29) is 17.7 Å². The number of hydrogen-bond donors (Lipinski definition) is 0. The molecule has 1 aliphatic heterocycles. The van der Waals surface area contributed by atoms with Crippen molar-refractivity contribution in [1.29, 1.82) is 0 Å². The van der Waals surface area contributed by atoms with Crippen LogP contribution in [0.3, 0.4) is 0 Å². The molecule has 1 aliphatic carbocycles. The number of hydrogen-bond acceptors (Lipinski definition) is 5. The van der Waals surface area contributed by atoms with Gasteiger partial charge in [-0.3, -0.25) is 4.79 Å². The summed E-state index contributed by atoms with van der Waals surface area (Å²) in [5.74, 6) is -0.155. The maximum atomic E-state index is 12.4. The van der Waals surface area contributed by atoms with Crippen molar-refractivity contribution in [3.63, 3.8) is 0 Å². The molecule has 1 saturated heterocycles. The molecule has 0 atom stereocenters. The predicted molar refractivity (Wildman–Crippen MR) is 70.2 cm³/mol. The standard InChI is InChI=1S/C14H20N2O4/c1-10-12(18-9-15-10)13(17)16(2)11-3-5-14(6-4-11)19-7-8-20-14/h9,11H,3-8H2,1-2H3. The van der Waals surface area contributed by atoms with E-state index in [1.54, 1.807) is 11.8 Å². The van der Waals surface area contributed by atoms with Gasteiger partial charge in [-0.05, 0) is 19.8 Å². The Balaban J connectivity index is 1.63. The number of amides is 1. The van der Waals surface area contributed by atoms with Gasteiger partial charge in [0.25, 0.3) is 5.91 Å². The molecule has 1 saturated carbocycles. The zero-order valence-electron chi connectivity index (χ0n) is 11.9. The molecule has 2 aliphatic rings. The summed E-state index contributed by atoms with van der Waals surface area (Å²) in [7, 11) is 1.82.